The lowest BCUT2D eigenvalue weighted by molar-refractivity contribution is 0.0992. The summed E-state index contributed by atoms with van der Waals surface area (Å²) in [5.41, 5.74) is 2.17. The number of benzene rings is 3. The lowest BCUT2D eigenvalue weighted by Crippen LogP contribution is -2.26. The molecule has 0 aliphatic carbocycles. The van der Waals surface area contributed by atoms with Crippen LogP contribution in [0.15, 0.2) is 72.9 Å². The molecule has 4 rings (SSSR count). The second-order valence-corrected chi connectivity index (χ2v) is 6.37. The van der Waals surface area contributed by atoms with Gasteiger partial charge in [-0.2, -0.15) is 5.10 Å². The van der Waals surface area contributed by atoms with E-state index >= 15 is 0 Å². The summed E-state index contributed by atoms with van der Waals surface area (Å²) in [6.07, 6.45) is 1.49. The molecule has 134 valence electrons. The molecule has 1 heterocycles. The molecule has 0 atom stereocenters. The first kappa shape index (κ1) is 17.0. The van der Waals surface area contributed by atoms with Crippen molar-refractivity contribution in [2.45, 2.75) is 6.92 Å². The van der Waals surface area contributed by atoms with Crippen molar-refractivity contribution in [1.29, 1.82) is 0 Å². The molecule has 4 aromatic rings. The zero-order valence-corrected chi connectivity index (χ0v) is 15.1. The summed E-state index contributed by atoms with van der Waals surface area (Å²) in [5.74, 6) is -0.573. The van der Waals surface area contributed by atoms with Crippen molar-refractivity contribution in [2.24, 2.45) is 0 Å². The Morgan fingerprint density at radius 3 is 2.52 bits per heavy atom. The van der Waals surface area contributed by atoms with Crippen molar-refractivity contribution in [3.63, 3.8) is 0 Å². The molecule has 0 radical (unpaired) electrons. The maximum atomic E-state index is 14.1. The molecule has 0 spiro atoms. The Bertz CT molecular complexity index is 1140. The minimum absolute atomic E-state index is 0.188. The maximum absolute atomic E-state index is 14.1. The van der Waals surface area contributed by atoms with E-state index in [2.05, 4.69) is 5.10 Å². The highest BCUT2D eigenvalue weighted by Crippen LogP contribution is 2.27. The zero-order valence-electron chi connectivity index (χ0n) is 15.1. The van der Waals surface area contributed by atoms with E-state index in [1.807, 2.05) is 42.5 Å². The van der Waals surface area contributed by atoms with E-state index in [-0.39, 0.29) is 11.7 Å². The minimum atomic E-state index is -0.384. The average molecular weight is 359 g/mol. The van der Waals surface area contributed by atoms with Crippen LogP contribution in [0.25, 0.3) is 16.5 Å². The second kappa shape index (κ2) is 6.68. The molecule has 0 saturated carbocycles. The van der Waals surface area contributed by atoms with Crippen molar-refractivity contribution in [3.05, 3.63) is 90.0 Å². The van der Waals surface area contributed by atoms with Gasteiger partial charge in [0.05, 0.1) is 23.1 Å². The van der Waals surface area contributed by atoms with Crippen LogP contribution in [0, 0.1) is 12.7 Å². The molecule has 0 unspecified atom stereocenters. The van der Waals surface area contributed by atoms with Crippen molar-refractivity contribution in [2.75, 3.05) is 11.9 Å². The van der Waals surface area contributed by atoms with E-state index in [9.17, 15) is 9.18 Å². The highest BCUT2D eigenvalue weighted by Gasteiger charge is 2.21. The standard InChI is InChI=1S/C22H18FN3O/c1-15-18(14-24-26(15)21-12-6-5-11-19(21)23)22(27)25(2)20-13-7-9-16-8-3-4-10-17(16)20/h3-14H,1-2H3. The fourth-order valence-corrected chi connectivity index (χ4v) is 3.28. The van der Waals surface area contributed by atoms with Crippen LogP contribution in [-0.2, 0) is 0 Å². The van der Waals surface area contributed by atoms with Crippen molar-refractivity contribution < 1.29 is 9.18 Å². The Morgan fingerprint density at radius 2 is 1.70 bits per heavy atom. The fourth-order valence-electron chi connectivity index (χ4n) is 3.28. The van der Waals surface area contributed by atoms with Gasteiger partial charge in [-0.05, 0) is 30.5 Å². The number of hydrogen-bond acceptors (Lipinski definition) is 2. The third-order valence-corrected chi connectivity index (χ3v) is 4.75. The predicted molar refractivity (Wildman–Crippen MR) is 105 cm³/mol. The van der Waals surface area contributed by atoms with Crippen LogP contribution in [-0.4, -0.2) is 22.7 Å². The highest BCUT2D eigenvalue weighted by atomic mass is 19.1. The quantitative estimate of drug-likeness (QED) is 0.529. The second-order valence-electron chi connectivity index (χ2n) is 6.37. The van der Waals surface area contributed by atoms with Gasteiger partial charge in [0.25, 0.3) is 5.91 Å². The first-order valence-corrected chi connectivity index (χ1v) is 8.63. The van der Waals surface area contributed by atoms with E-state index in [4.69, 9.17) is 0 Å². The van der Waals surface area contributed by atoms with Gasteiger partial charge in [-0.3, -0.25) is 4.79 Å². The first-order chi connectivity index (χ1) is 13.1. The molecule has 0 bridgehead atoms. The number of amides is 1. The van der Waals surface area contributed by atoms with E-state index < -0.39 is 0 Å². The Labute approximate surface area is 156 Å². The summed E-state index contributed by atoms with van der Waals surface area (Å²) >= 11 is 0. The van der Waals surface area contributed by atoms with Crippen LogP contribution in [0.2, 0.25) is 0 Å². The Kier molecular flexibility index (Phi) is 4.20. The normalized spacial score (nSPS) is 10.9. The smallest absolute Gasteiger partial charge is 0.261 e. The molecule has 3 aromatic carbocycles. The van der Waals surface area contributed by atoms with E-state index in [0.717, 1.165) is 16.5 Å². The first-order valence-electron chi connectivity index (χ1n) is 8.63. The Balaban J connectivity index is 1.74. The minimum Gasteiger partial charge on any atom is -0.311 e. The van der Waals surface area contributed by atoms with Gasteiger partial charge in [0.2, 0.25) is 0 Å². The molecule has 0 aliphatic rings. The highest BCUT2D eigenvalue weighted by molar-refractivity contribution is 6.10. The average Bonchev–Trinajstić information content (AvgIpc) is 3.08. The van der Waals surface area contributed by atoms with Gasteiger partial charge in [-0.1, -0.05) is 48.5 Å². The largest absolute Gasteiger partial charge is 0.311 e. The maximum Gasteiger partial charge on any atom is 0.261 e. The number of carbonyl (C=O) groups excluding carboxylic acids is 1. The van der Waals surface area contributed by atoms with Crippen LogP contribution in [0.3, 0.4) is 0 Å². The molecular formula is C22H18FN3O. The number of halogens is 1. The molecule has 0 fully saturated rings. The molecular weight excluding hydrogens is 341 g/mol. The Hall–Kier alpha value is -3.47. The van der Waals surface area contributed by atoms with Crippen LogP contribution < -0.4 is 4.90 Å². The molecule has 27 heavy (non-hydrogen) atoms. The third-order valence-electron chi connectivity index (χ3n) is 4.75. The van der Waals surface area contributed by atoms with E-state index in [1.165, 1.54) is 16.9 Å². The molecule has 4 nitrogen and oxygen atoms in total. The van der Waals surface area contributed by atoms with Crippen LogP contribution in [0.4, 0.5) is 10.1 Å². The monoisotopic (exact) mass is 359 g/mol. The number of rotatable bonds is 3. The summed E-state index contributed by atoms with van der Waals surface area (Å²) in [5, 5.41) is 6.29. The fraction of sp³-hybridized carbons (Fsp3) is 0.0909. The third kappa shape index (κ3) is 2.87. The van der Waals surface area contributed by atoms with Crippen LogP contribution in [0.5, 0.6) is 0 Å². The van der Waals surface area contributed by atoms with Gasteiger partial charge < -0.3 is 4.90 Å². The number of nitrogens with zero attached hydrogens (tertiary/aromatic N) is 3. The number of anilines is 1. The van der Waals surface area contributed by atoms with E-state index in [0.29, 0.717) is 16.9 Å². The van der Waals surface area contributed by atoms with Gasteiger partial charge in [-0.15, -0.1) is 0 Å². The van der Waals surface area contributed by atoms with Gasteiger partial charge in [0, 0.05) is 12.4 Å². The lowest BCUT2D eigenvalue weighted by Gasteiger charge is -2.19. The molecule has 0 N–H and O–H groups in total. The number of aromatic nitrogens is 2. The summed E-state index contributed by atoms with van der Waals surface area (Å²) in [7, 11) is 1.74. The number of para-hydroxylation sites is 1. The zero-order chi connectivity index (χ0) is 19.0. The van der Waals surface area contributed by atoms with E-state index in [1.54, 1.807) is 37.1 Å². The number of carbonyl (C=O) groups is 1. The predicted octanol–water partition coefficient (Wildman–Crippen LogP) is 4.75. The van der Waals surface area contributed by atoms with Gasteiger partial charge >= 0.3 is 0 Å². The van der Waals surface area contributed by atoms with Crippen molar-refractivity contribution in [3.8, 4) is 5.69 Å². The summed E-state index contributed by atoms with van der Waals surface area (Å²) < 4.78 is 15.6. The van der Waals surface area contributed by atoms with Crippen molar-refractivity contribution >= 4 is 22.4 Å². The summed E-state index contributed by atoms with van der Waals surface area (Å²) in [4.78, 5) is 14.7. The molecule has 1 amide bonds. The van der Waals surface area contributed by atoms with Crippen molar-refractivity contribution in [1.82, 2.24) is 9.78 Å². The molecule has 5 heteroatoms. The summed E-state index contributed by atoms with van der Waals surface area (Å²) in [6, 6.07) is 20.1. The topological polar surface area (TPSA) is 38.1 Å². The number of fused-ring (bicyclic) bond motifs is 1. The van der Waals surface area contributed by atoms with Crippen LogP contribution >= 0.6 is 0 Å². The molecule has 1 aromatic heterocycles. The number of hydrogen-bond donors (Lipinski definition) is 0. The summed E-state index contributed by atoms with van der Waals surface area (Å²) in [6.45, 7) is 1.77. The molecule has 0 aliphatic heterocycles. The van der Waals surface area contributed by atoms with Gasteiger partial charge in [0.15, 0.2) is 0 Å². The SMILES string of the molecule is Cc1c(C(=O)N(C)c2cccc3ccccc23)cnn1-c1ccccc1F. The van der Waals surface area contributed by atoms with Gasteiger partial charge in [0.1, 0.15) is 11.5 Å². The lowest BCUT2D eigenvalue weighted by atomic mass is 10.1. The van der Waals surface area contributed by atoms with Crippen LogP contribution in [0.1, 0.15) is 16.1 Å². The van der Waals surface area contributed by atoms with Gasteiger partial charge in [-0.25, -0.2) is 9.07 Å². The molecule has 0 saturated heterocycles. The Morgan fingerprint density at radius 1 is 1.00 bits per heavy atom.